The molecule has 1 aliphatic heterocycles. The van der Waals surface area contributed by atoms with E-state index >= 15 is 0 Å². The SMILES string of the molecule is O=C(OCc1cc(Cl)c2c(c1)OCCCO2)c1ccccc1F. The fourth-order valence-electron chi connectivity index (χ4n) is 2.22. The molecule has 2 aromatic carbocycles. The van der Waals surface area contributed by atoms with Crippen molar-refractivity contribution in [1.82, 2.24) is 0 Å². The first-order valence-electron chi connectivity index (χ1n) is 7.15. The molecule has 1 aliphatic rings. The van der Waals surface area contributed by atoms with Crippen molar-refractivity contribution in [3.63, 3.8) is 0 Å². The lowest BCUT2D eigenvalue weighted by Gasteiger charge is -2.12. The van der Waals surface area contributed by atoms with Crippen molar-refractivity contribution in [3.8, 4) is 11.5 Å². The second kappa shape index (κ2) is 6.87. The minimum absolute atomic E-state index is 0.0382. The summed E-state index contributed by atoms with van der Waals surface area (Å²) in [7, 11) is 0. The molecular formula is C17H14ClFO4. The Kier molecular flexibility index (Phi) is 4.67. The predicted octanol–water partition coefficient (Wildman–Crippen LogP) is 4.00. The molecule has 3 rings (SSSR count). The van der Waals surface area contributed by atoms with Gasteiger partial charge >= 0.3 is 5.97 Å². The monoisotopic (exact) mass is 336 g/mol. The summed E-state index contributed by atoms with van der Waals surface area (Å²) in [6.07, 6.45) is 0.766. The summed E-state index contributed by atoms with van der Waals surface area (Å²) in [4.78, 5) is 11.9. The molecule has 0 saturated carbocycles. The number of carbonyl (C=O) groups is 1. The molecule has 0 saturated heterocycles. The van der Waals surface area contributed by atoms with Crippen molar-refractivity contribution < 1.29 is 23.4 Å². The molecule has 23 heavy (non-hydrogen) atoms. The van der Waals surface area contributed by atoms with Gasteiger partial charge in [-0.15, -0.1) is 0 Å². The van der Waals surface area contributed by atoms with Crippen LogP contribution in [0.5, 0.6) is 11.5 Å². The van der Waals surface area contributed by atoms with E-state index in [9.17, 15) is 9.18 Å². The first-order valence-corrected chi connectivity index (χ1v) is 7.52. The zero-order valence-electron chi connectivity index (χ0n) is 12.2. The number of carbonyl (C=O) groups excluding carboxylic acids is 1. The number of hydrogen-bond donors (Lipinski definition) is 0. The van der Waals surface area contributed by atoms with Crippen LogP contribution in [0, 0.1) is 5.82 Å². The average molecular weight is 337 g/mol. The third kappa shape index (κ3) is 3.56. The second-order valence-electron chi connectivity index (χ2n) is 5.01. The van der Waals surface area contributed by atoms with Gasteiger partial charge in [0.25, 0.3) is 0 Å². The number of ether oxygens (including phenoxy) is 3. The van der Waals surface area contributed by atoms with Crippen LogP contribution in [0.25, 0.3) is 0 Å². The Hall–Kier alpha value is -2.27. The van der Waals surface area contributed by atoms with Gasteiger partial charge in [-0.25, -0.2) is 9.18 Å². The third-order valence-corrected chi connectivity index (χ3v) is 3.61. The van der Waals surface area contributed by atoms with Crippen LogP contribution < -0.4 is 9.47 Å². The molecule has 0 fully saturated rings. The van der Waals surface area contributed by atoms with Gasteiger partial charge in [-0.05, 0) is 29.8 Å². The van der Waals surface area contributed by atoms with Gasteiger partial charge < -0.3 is 14.2 Å². The predicted molar refractivity (Wildman–Crippen MR) is 82.6 cm³/mol. The Bertz CT molecular complexity index is 733. The van der Waals surface area contributed by atoms with Crippen molar-refractivity contribution in [2.45, 2.75) is 13.0 Å². The number of rotatable bonds is 3. The lowest BCUT2D eigenvalue weighted by Crippen LogP contribution is -2.07. The minimum atomic E-state index is -0.730. The Morgan fingerprint density at radius 3 is 2.83 bits per heavy atom. The van der Waals surface area contributed by atoms with Crippen molar-refractivity contribution in [1.29, 1.82) is 0 Å². The Morgan fingerprint density at radius 2 is 2.00 bits per heavy atom. The molecule has 0 atom stereocenters. The first kappa shape index (κ1) is 15.6. The smallest absolute Gasteiger partial charge is 0.341 e. The summed E-state index contributed by atoms with van der Waals surface area (Å²) in [5, 5.41) is 0.390. The Labute approximate surface area is 137 Å². The van der Waals surface area contributed by atoms with Gasteiger partial charge in [0.15, 0.2) is 11.5 Å². The molecule has 0 radical (unpaired) electrons. The Balaban J connectivity index is 1.74. The molecule has 0 unspecified atom stereocenters. The van der Waals surface area contributed by atoms with E-state index in [2.05, 4.69) is 0 Å². The molecule has 1 heterocycles. The maximum absolute atomic E-state index is 13.5. The summed E-state index contributed by atoms with van der Waals surface area (Å²) in [6.45, 7) is 1.03. The fourth-order valence-corrected chi connectivity index (χ4v) is 2.51. The van der Waals surface area contributed by atoms with E-state index < -0.39 is 11.8 Å². The van der Waals surface area contributed by atoms with E-state index in [1.807, 2.05) is 0 Å². The highest BCUT2D eigenvalue weighted by Gasteiger charge is 2.17. The van der Waals surface area contributed by atoms with Gasteiger partial charge in [0.1, 0.15) is 12.4 Å². The molecule has 2 aromatic rings. The molecule has 6 heteroatoms. The Morgan fingerprint density at radius 1 is 1.22 bits per heavy atom. The van der Waals surface area contributed by atoms with Gasteiger partial charge in [0, 0.05) is 6.42 Å². The number of fused-ring (bicyclic) bond motifs is 1. The highest BCUT2D eigenvalue weighted by molar-refractivity contribution is 6.32. The number of benzene rings is 2. The minimum Gasteiger partial charge on any atom is -0.489 e. The standard InChI is InChI=1S/C17H14ClFO4/c18-13-8-11(9-15-16(13)22-7-3-6-21-15)10-23-17(20)12-4-1-2-5-14(12)19/h1-2,4-5,8-9H,3,6-7,10H2. The van der Waals surface area contributed by atoms with Crippen LogP contribution in [-0.4, -0.2) is 19.2 Å². The molecule has 0 spiro atoms. The maximum Gasteiger partial charge on any atom is 0.341 e. The van der Waals surface area contributed by atoms with E-state index in [4.69, 9.17) is 25.8 Å². The fraction of sp³-hybridized carbons (Fsp3) is 0.235. The van der Waals surface area contributed by atoms with Crippen molar-refractivity contribution in [2.24, 2.45) is 0 Å². The van der Waals surface area contributed by atoms with Crippen LogP contribution in [0.2, 0.25) is 5.02 Å². The van der Waals surface area contributed by atoms with Crippen molar-refractivity contribution >= 4 is 17.6 Å². The molecular weight excluding hydrogens is 323 g/mol. The highest BCUT2D eigenvalue weighted by Crippen LogP contribution is 2.38. The molecule has 4 nitrogen and oxygen atoms in total. The third-order valence-electron chi connectivity index (χ3n) is 3.33. The van der Waals surface area contributed by atoms with Crippen LogP contribution in [0.4, 0.5) is 4.39 Å². The van der Waals surface area contributed by atoms with Gasteiger partial charge in [-0.3, -0.25) is 0 Å². The van der Waals surface area contributed by atoms with Crippen LogP contribution in [0.1, 0.15) is 22.3 Å². The number of esters is 1. The van der Waals surface area contributed by atoms with Crippen LogP contribution >= 0.6 is 11.6 Å². The summed E-state index contributed by atoms with van der Waals surface area (Å²) >= 11 is 6.17. The molecule has 0 bridgehead atoms. The average Bonchev–Trinajstić information content (AvgIpc) is 2.79. The zero-order valence-corrected chi connectivity index (χ0v) is 12.9. The van der Waals surface area contributed by atoms with E-state index in [1.54, 1.807) is 18.2 Å². The van der Waals surface area contributed by atoms with E-state index in [0.717, 1.165) is 6.42 Å². The van der Waals surface area contributed by atoms with Gasteiger partial charge in [-0.1, -0.05) is 23.7 Å². The van der Waals surface area contributed by atoms with Gasteiger partial charge in [0.2, 0.25) is 0 Å². The van der Waals surface area contributed by atoms with E-state index in [-0.39, 0.29) is 12.2 Å². The second-order valence-corrected chi connectivity index (χ2v) is 5.42. The summed E-state index contributed by atoms with van der Waals surface area (Å²) in [5.74, 6) is -0.333. The first-order chi connectivity index (χ1) is 11.1. The summed E-state index contributed by atoms with van der Waals surface area (Å²) < 4.78 is 29.8. The molecule has 120 valence electrons. The maximum atomic E-state index is 13.5. The lowest BCUT2D eigenvalue weighted by molar-refractivity contribution is 0.0467. The topological polar surface area (TPSA) is 44.8 Å². The van der Waals surface area contributed by atoms with Gasteiger partial charge in [-0.2, -0.15) is 0 Å². The zero-order chi connectivity index (χ0) is 16.2. The van der Waals surface area contributed by atoms with Crippen LogP contribution in [-0.2, 0) is 11.3 Å². The molecule has 0 N–H and O–H groups in total. The quantitative estimate of drug-likeness (QED) is 0.795. The van der Waals surface area contributed by atoms with E-state index in [1.165, 1.54) is 18.2 Å². The highest BCUT2D eigenvalue weighted by atomic mass is 35.5. The summed E-state index contributed by atoms with van der Waals surface area (Å²) in [5.41, 5.74) is 0.539. The lowest BCUT2D eigenvalue weighted by atomic mass is 10.2. The van der Waals surface area contributed by atoms with Crippen molar-refractivity contribution in [2.75, 3.05) is 13.2 Å². The molecule has 0 aliphatic carbocycles. The number of halogens is 2. The van der Waals surface area contributed by atoms with Crippen LogP contribution in [0.3, 0.4) is 0 Å². The van der Waals surface area contributed by atoms with E-state index in [0.29, 0.717) is 35.3 Å². The number of hydrogen-bond acceptors (Lipinski definition) is 4. The molecule has 0 amide bonds. The largest absolute Gasteiger partial charge is 0.489 e. The van der Waals surface area contributed by atoms with Gasteiger partial charge in [0.05, 0.1) is 23.8 Å². The molecule has 0 aromatic heterocycles. The van der Waals surface area contributed by atoms with Crippen LogP contribution in [0.15, 0.2) is 36.4 Å². The normalized spacial score (nSPS) is 13.3. The van der Waals surface area contributed by atoms with Crippen molar-refractivity contribution in [3.05, 3.63) is 58.4 Å². The summed E-state index contributed by atoms with van der Waals surface area (Å²) in [6, 6.07) is 9.02.